The van der Waals surface area contributed by atoms with Crippen LogP contribution in [0.3, 0.4) is 0 Å². The molecular formula is C20H41IN6O2. The first-order valence-electron chi connectivity index (χ1n) is 10.8. The van der Waals surface area contributed by atoms with Crippen molar-refractivity contribution in [3.63, 3.8) is 0 Å². The Bertz CT molecular complexity index is 503. The zero-order valence-electron chi connectivity index (χ0n) is 18.8. The van der Waals surface area contributed by atoms with Gasteiger partial charge < -0.3 is 25.2 Å². The van der Waals surface area contributed by atoms with E-state index in [2.05, 4.69) is 46.3 Å². The van der Waals surface area contributed by atoms with E-state index in [4.69, 9.17) is 4.74 Å². The maximum atomic E-state index is 11.8. The number of carbonyl (C=O) groups excluding carboxylic acids is 1. The summed E-state index contributed by atoms with van der Waals surface area (Å²) in [4.78, 5) is 23.0. The molecule has 1 unspecified atom stereocenters. The number of guanidine groups is 1. The van der Waals surface area contributed by atoms with Crippen molar-refractivity contribution in [2.75, 3.05) is 66.5 Å². The average Bonchev–Trinajstić information content (AvgIpc) is 2.69. The molecule has 29 heavy (non-hydrogen) atoms. The Morgan fingerprint density at radius 1 is 1.14 bits per heavy atom. The maximum absolute atomic E-state index is 11.8. The van der Waals surface area contributed by atoms with Crippen LogP contribution in [0.2, 0.25) is 0 Å². The zero-order valence-corrected chi connectivity index (χ0v) is 21.1. The summed E-state index contributed by atoms with van der Waals surface area (Å²) in [7, 11) is 4.02. The molecule has 9 heteroatoms. The lowest BCUT2D eigenvalue weighted by Crippen LogP contribution is -2.56. The molecule has 0 aromatic rings. The van der Waals surface area contributed by atoms with E-state index in [-0.39, 0.29) is 30.1 Å². The van der Waals surface area contributed by atoms with Crippen LogP contribution in [0.15, 0.2) is 4.99 Å². The summed E-state index contributed by atoms with van der Waals surface area (Å²) in [5.41, 5.74) is 0. The van der Waals surface area contributed by atoms with Crippen molar-refractivity contribution in [2.24, 2.45) is 10.9 Å². The largest absolute Gasteiger partial charge is 0.450 e. The number of halogens is 1. The zero-order chi connectivity index (χ0) is 20.5. The number of hydrogen-bond donors (Lipinski definition) is 2. The van der Waals surface area contributed by atoms with E-state index in [1.165, 1.54) is 0 Å². The second-order valence-electron chi connectivity index (χ2n) is 8.21. The number of likely N-dealkylation sites (tertiary alicyclic amines) is 1. The number of likely N-dealkylation sites (N-methyl/N-ethyl adjacent to an activating group) is 1. The number of nitrogens with zero attached hydrogens (tertiary/aromatic N) is 4. The van der Waals surface area contributed by atoms with Crippen LogP contribution in [-0.4, -0.2) is 105 Å². The Kier molecular flexibility index (Phi) is 12.2. The third-order valence-corrected chi connectivity index (χ3v) is 5.84. The number of hydrogen-bond acceptors (Lipinski definition) is 5. The highest BCUT2D eigenvalue weighted by Crippen LogP contribution is 2.14. The first kappa shape index (κ1) is 26.2. The molecule has 2 saturated heterocycles. The lowest BCUT2D eigenvalue weighted by molar-refractivity contribution is 0.0897. The summed E-state index contributed by atoms with van der Waals surface area (Å²) in [6.45, 7) is 13.7. The molecule has 0 aliphatic carbocycles. The van der Waals surface area contributed by atoms with Gasteiger partial charge in [0, 0.05) is 64.9 Å². The van der Waals surface area contributed by atoms with Gasteiger partial charge in [-0.25, -0.2) is 4.79 Å². The number of aliphatic imine (C=N–C) groups is 1. The summed E-state index contributed by atoms with van der Waals surface area (Å²) in [5, 5.41) is 7.07. The summed E-state index contributed by atoms with van der Waals surface area (Å²) in [5.74, 6) is 1.44. The molecule has 2 rings (SSSR count). The van der Waals surface area contributed by atoms with Crippen LogP contribution in [0.5, 0.6) is 0 Å². The van der Waals surface area contributed by atoms with Gasteiger partial charge in [-0.15, -0.1) is 24.0 Å². The number of rotatable bonds is 6. The van der Waals surface area contributed by atoms with Gasteiger partial charge in [0.15, 0.2) is 5.96 Å². The van der Waals surface area contributed by atoms with Crippen molar-refractivity contribution in [1.82, 2.24) is 25.3 Å². The van der Waals surface area contributed by atoms with E-state index in [1.54, 1.807) is 4.90 Å². The highest BCUT2D eigenvalue weighted by atomic mass is 127. The van der Waals surface area contributed by atoms with Crippen LogP contribution in [-0.2, 0) is 4.74 Å². The molecule has 170 valence electrons. The summed E-state index contributed by atoms with van der Waals surface area (Å²) < 4.78 is 5.09. The topological polar surface area (TPSA) is 72.4 Å². The van der Waals surface area contributed by atoms with E-state index in [1.807, 2.05) is 14.0 Å². The third-order valence-electron chi connectivity index (χ3n) is 5.84. The fraction of sp³-hybridized carbons (Fsp3) is 0.900. The molecule has 2 N–H and O–H groups in total. The van der Waals surface area contributed by atoms with E-state index >= 15 is 0 Å². The Morgan fingerprint density at radius 3 is 2.28 bits per heavy atom. The Morgan fingerprint density at radius 2 is 1.76 bits per heavy atom. The highest BCUT2D eigenvalue weighted by Gasteiger charge is 2.26. The van der Waals surface area contributed by atoms with Gasteiger partial charge in [-0.2, -0.15) is 0 Å². The molecule has 1 atom stereocenters. The molecule has 1 amide bonds. The Balaban J connectivity index is 0.00000420. The van der Waals surface area contributed by atoms with E-state index in [0.29, 0.717) is 24.6 Å². The smallest absolute Gasteiger partial charge is 0.409 e. The van der Waals surface area contributed by atoms with E-state index in [9.17, 15) is 4.79 Å². The molecule has 0 spiro atoms. The Labute approximate surface area is 193 Å². The first-order valence-corrected chi connectivity index (χ1v) is 10.8. The summed E-state index contributed by atoms with van der Waals surface area (Å²) in [6.07, 6.45) is 1.62. The van der Waals surface area contributed by atoms with Crippen LogP contribution in [0.4, 0.5) is 4.79 Å². The maximum Gasteiger partial charge on any atom is 0.409 e. The van der Waals surface area contributed by atoms with Crippen LogP contribution in [0.1, 0.15) is 33.6 Å². The van der Waals surface area contributed by atoms with Gasteiger partial charge in [0.1, 0.15) is 0 Å². The minimum atomic E-state index is -0.199. The van der Waals surface area contributed by atoms with E-state index < -0.39 is 0 Å². The number of carbonyl (C=O) groups is 1. The third kappa shape index (κ3) is 8.45. The monoisotopic (exact) mass is 524 g/mol. The minimum Gasteiger partial charge on any atom is -0.450 e. The summed E-state index contributed by atoms with van der Waals surface area (Å²) >= 11 is 0. The fourth-order valence-electron chi connectivity index (χ4n) is 3.95. The van der Waals surface area contributed by atoms with Gasteiger partial charge in [0.2, 0.25) is 0 Å². The van der Waals surface area contributed by atoms with Gasteiger partial charge in [0.05, 0.1) is 6.61 Å². The highest BCUT2D eigenvalue weighted by molar-refractivity contribution is 14.0. The van der Waals surface area contributed by atoms with Gasteiger partial charge in [-0.05, 0) is 32.7 Å². The lowest BCUT2D eigenvalue weighted by atomic mass is 10.0. The fourth-order valence-corrected chi connectivity index (χ4v) is 3.95. The van der Waals surface area contributed by atoms with Gasteiger partial charge in [0.25, 0.3) is 0 Å². The van der Waals surface area contributed by atoms with Crippen molar-refractivity contribution in [1.29, 1.82) is 0 Å². The Hall–Kier alpha value is -0.810. The van der Waals surface area contributed by atoms with Crippen molar-refractivity contribution in [3.8, 4) is 0 Å². The molecule has 0 bridgehead atoms. The van der Waals surface area contributed by atoms with Crippen LogP contribution >= 0.6 is 24.0 Å². The number of piperidine rings is 1. The number of amides is 1. The molecule has 0 aromatic carbocycles. The molecule has 2 aliphatic rings. The predicted molar refractivity (Wildman–Crippen MR) is 129 cm³/mol. The van der Waals surface area contributed by atoms with Crippen LogP contribution < -0.4 is 10.6 Å². The summed E-state index contributed by atoms with van der Waals surface area (Å²) in [6, 6.07) is 0.830. The second kappa shape index (κ2) is 13.5. The molecule has 0 aromatic heterocycles. The van der Waals surface area contributed by atoms with Crippen LogP contribution in [0, 0.1) is 5.92 Å². The first-order chi connectivity index (χ1) is 13.4. The van der Waals surface area contributed by atoms with Gasteiger partial charge >= 0.3 is 6.09 Å². The molecular weight excluding hydrogens is 483 g/mol. The normalized spacial score (nSPS) is 20.9. The standard InChI is InChI=1S/C20H40N6O2.HI/c1-6-28-20(27)26-9-7-17(8-10-26)23-19(21-4)22-15-18(16(2)3)25-13-11-24(5)12-14-25;/h16-18H,6-15H2,1-5H3,(H2,21,22,23);1H. The van der Waals surface area contributed by atoms with Crippen molar-refractivity contribution in [2.45, 2.75) is 45.7 Å². The average molecular weight is 524 g/mol. The van der Waals surface area contributed by atoms with E-state index in [0.717, 1.165) is 64.6 Å². The molecule has 8 nitrogen and oxygen atoms in total. The van der Waals surface area contributed by atoms with Gasteiger partial charge in [-0.1, -0.05) is 13.8 Å². The van der Waals surface area contributed by atoms with Crippen molar-refractivity contribution >= 4 is 36.0 Å². The quantitative estimate of drug-likeness (QED) is 0.313. The predicted octanol–water partition coefficient (Wildman–Crippen LogP) is 1.66. The molecule has 2 heterocycles. The SMILES string of the molecule is CCOC(=O)N1CCC(NC(=NC)NCC(C(C)C)N2CCN(C)CC2)CC1.I. The molecule has 0 radical (unpaired) electrons. The number of nitrogens with one attached hydrogen (secondary N) is 2. The van der Waals surface area contributed by atoms with Crippen molar-refractivity contribution in [3.05, 3.63) is 0 Å². The molecule has 2 aliphatic heterocycles. The van der Waals surface area contributed by atoms with Crippen molar-refractivity contribution < 1.29 is 9.53 Å². The number of ether oxygens (including phenoxy) is 1. The molecule has 0 saturated carbocycles. The minimum absolute atomic E-state index is 0. The number of piperazine rings is 1. The van der Waals surface area contributed by atoms with Gasteiger partial charge in [-0.3, -0.25) is 9.89 Å². The second-order valence-corrected chi connectivity index (χ2v) is 8.21. The lowest BCUT2D eigenvalue weighted by Gasteiger charge is -2.40. The van der Waals surface area contributed by atoms with Crippen LogP contribution in [0.25, 0.3) is 0 Å². The molecule has 2 fully saturated rings.